The van der Waals surface area contributed by atoms with Crippen LogP contribution in [0.2, 0.25) is 5.02 Å². The molecule has 0 atom stereocenters. The number of hydrogen-bond acceptors (Lipinski definition) is 3. The summed E-state index contributed by atoms with van der Waals surface area (Å²) >= 11 is 5.88. The van der Waals surface area contributed by atoms with E-state index in [1.807, 2.05) is 18.2 Å². The highest BCUT2D eigenvalue weighted by atomic mass is 35.5. The third kappa shape index (κ3) is 2.95. The number of anilines is 1. The Morgan fingerprint density at radius 2 is 2.09 bits per heavy atom. The summed E-state index contributed by atoms with van der Waals surface area (Å²) in [6.45, 7) is 0.0518. The Labute approximate surface area is 132 Å². The van der Waals surface area contributed by atoms with Gasteiger partial charge in [0.2, 0.25) is 5.95 Å². The number of fused-ring (bicyclic) bond motifs is 1. The number of nitrogens with zero attached hydrogens (tertiary/aromatic N) is 1. The Morgan fingerprint density at radius 1 is 1.27 bits per heavy atom. The van der Waals surface area contributed by atoms with Crippen LogP contribution in [0, 0.1) is 0 Å². The molecule has 0 bridgehead atoms. The maximum Gasteiger partial charge on any atom is 0.258 e. The number of aliphatic hydroxyl groups is 1. The highest BCUT2D eigenvalue weighted by Crippen LogP contribution is 2.20. The quantitative estimate of drug-likeness (QED) is 0.692. The van der Waals surface area contributed by atoms with Crippen LogP contribution in [0.3, 0.4) is 0 Å². The van der Waals surface area contributed by atoms with Crippen LogP contribution in [-0.2, 0) is 6.42 Å². The third-order valence-electron chi connectivity index (χ3n) is 3.30. The van der Waals surface area contributed by atoms with Gasteiger partial charge in [-0.1, -0.05) is 29.8 Å². The number of aromatic nitrogens is 2. The van der Waals surface area contributed by atoms with Crippen LogP contribution in [0.5, 0.6) is 0 Å². The molecular formula is C16H14ClN3O2. The fraction of sp³-hybridized carbons (Fsp3) is 0.125. The van der Waals surface area contributed by atoms with Gasteiger partial charge in [0, 0.05) is 17.2 Å². The van der Waals surface area contributed by atoms with Crippen molar-refractivity contribution in [1.29, 1.82) is 0 Å². The Bertz CT molecular complexity index is 829. The lowest BCUT2D eigenvalue weighted by Crippen LogP contribution is -2.12. The van der Waals surface area contributed by atoms with Crippen LogP contribution >= 0.6 is 11.6 Å². The molecule has 3 rings (SSSR count). The second-order valence-electron chi connectivity index (χ2n) is 4.84. The number of nitrogens with one attached hydrogen (secondary N) is 2. The first kappa shape index (κ1) is 14.6. The number of aromatic amines is 1. The Hall–Kier alpha value is -2.37. The third-order valence-corrected chi connectivity index (χ3v) is 3.53. The Morgan fingerprint density at radius 3 is 2.86 bits per heavy atom. The van der Waals surface area contributed by atoms with Crippen LogP contribution in [0.25, 0.3) is 11.0 Å². The van der Waals surface area contributed by atoms with E-state index in [1.165, 1.54) is 0 Å². The van der Waals surface area contributed by atoms with Gasteiger partial charge >= 0.3 is 0 Å². The van der Waals surface area contributed by atoms with Crippen LogP contribution < -0.4 is 5.32 Å². The molecule has 0 saturated heterocycles. The van der Waals surface area contributed by atoms with Crippen molar-refractivity contribution in [2.45, 2.75) is 6.42 Å². The van der Waals surface area contributed by atoms with Gasteiger partial charge in [-0.3, -0.25) is 10.1 Å². The van der Waals surface area contributed by atoms with Gasteiger partial charge < -0.3 is 10.1 Å². The largest absolute Gasteiger partial charge is 0.396 e. The average Bonchev–Trinajstić information content (AvgIpc) is 2.91. The molecule has 1 aromatic heterocycles. The number of hydrogen-bond donors (Lipinski definition) is 3. The summed E-state index contributed by atoms with van der Waals surface area (Å²) in [6.07, 6.45) is 0.518. The van der Waals surface area contributed by atoms with E-state index in [9.17, 15) is 4.79 Å². The maximum atomic E-state index is 12.2. The number of rotatable bonds is 4. The normalized spacial score (nSPS) is 10.8. The van der Waals surface area contributed by atoms with E-state index < -0.39 is 0 Å². The van der Waals surface area contributed by atoms with Crippen LogP contribution in [0.1, 0.15) is 15.9 Å². The standard InChI is InChI=1S/C16H14ClN3O2/c17-12-5-1-4-11(9-12)15(22)20-16-18-13-6-2-3-10(7-8-21)14(13)19-16/h1-6,9,21H,7-8H2,(H2,18,19,20,22). The number of para-hydroxylation sites is 1. The number of benzene rings is 2. The predicted molar refractivity (Wildman–Crippen MR) is 86.3 cm³/mol. The van der Waals surface area contributed by atoms with Crippen molar-refractivity contribution < 1.29 is 9.90 Å². The monoisotopic (exact) mass is 315 g/mol. The lowest BCUT2D eigenvalue weighted by molar-refractivity contribution is 0.102. The smallest absolute Gasteiger partial charge is 0.258 e. The Kier molecular flexibility index (Phi) is 4.09. The van der Waals surface area contributed by atoms with Gasteiger partial charge in [-0.05, 0) is 36.2 Å². The second-order valence-corrected chi connectivity index (χ2v) is 5.27. The minimum atomic E-state index is -0.287. The van der Waals surface area contributed by atoms with Crippen LogP contribution in [0.4, 0.5) is 5.95 Å². The van der Waals surface area contributed by atoms with E-state index in [0.29, 0.717) is 23.0 Å². The second kappa shape index (κ2) is 6.17. The van der Waals surface area contributed by atoms with Crippen molar-refractivity contribution in [2.24, 2.45) is 0 Å². The highest BCUT2D eigenvalue weighted by Gasteiger charge is 2.11. The van der Waals surface area contributed by atoms with Crippen molar-refractivity contribution in [3.8, 4) is 0 Å². The van der Waals surface area contributed by atoms with Crippen molar-refractivity contribution in [1.82, 2.24) is 9.97 Å². The molecular weight excluding hydrogens is 302 g/mol. The van der Waals surface area contributed by atoms with Crippen molar-refractivity contribution in [3.05, 3.63) is 58.6 Å². The van der Waals surface area contributed by atoms with Gasteiger partial charge in [-0.25, -0.2) is 4.98 Å². The van der Waals surface area contributed by atoms with Crippen LogP contribution in [-0.4, -0.2) is 27.6 Å². The number of imidazole rings is 1. The molecule has 3 N–H and O–H groups in total. The van der Waals surface area contributed by atoms with E-state index in [-0.39, 0.29) is 12.5 Å². The van der Waals surface area contributed by atoms with Gasteiger partial charge in [0.25, 0.3) is 5.91 Å². The molecule has 0 spiro atoms. The minimum absolute atomic E-state index is 0.0518. The first-order valence-corrected chi connectivity index (χ1v) is 7.20. The van der Waals surface area contributed by atoms with E-state index in [2.05, 4.69) is 15.3 Å². The average molecular weight is 316 g/mol. The molecule has 1 amide bonds. The molecule has 1 heterocycles. The zero-order valence-electron chi connectivity index (χ0n) is 11.6. The molecule has 22 heavy (non-hydrogen) atoms. The summed E-state index contributed by atoms with van der Waals surface area (Å²) < 4.78 is 0. The fourth-order valence-electron chi connectivity index (χ4n) is 2.28. The summed E-state index contributed by atoms with van der Waals surface area (Å²) in [5.41, 5.74) is 2.95. The molecule has 0 unspecified atom stereocenters. The number of H-pyrrole nitrogens is 1. The minimum Gasteiger partial charge on any atom is -0.396 e. The molecule has 3 aromatic rings. The maximum absolute atomic E-state index is 12.2. The van der Waals surface area contributed by atoms with Gasteiger partial charge in [-0.2, -0.15) is 0 Å². The summed E-state index contributed by atoms with van der Waals surface area (Å²) in [5, 5.41) is 12.3. The topological polar surface area (TPSA) is 78.0 Å². The highest BCUT2D eigenvalue weighted by molar-refractivity contribution is 6.31. The van der Waals surface area contributed by atoms with Crippen molar-refractivity contribution in [3.63, 3.8) is 0 Å². The van der Waals surface area contributed by atoms with Crippen molar-refractivity contribution >= 4 is 34.5 Å². The number of aliphatic hydroxyl groups excluding tert-OH is 1. The Balaban J connectivity index is 1.88. The van der Waals surface area contributed by atoms with Crippen molar-refractivity contribution in [2.75, 3.05) is 11.9 Å². The predicted octanol–water partition coefficient (Wildman–Crippen LogP) is 3.00. The number of halogens is 1. The fourth-order valence-corrected chi connectivity index (χ4v) is 2.47. The van der Waals surface area contributed by atoms with Gasteiger partial charge in [0.15, 0.2) is 0 Å². The summed E-state index contributed by atoms with van der Waals surface area (Å²) in [6, 6.07) is 12.4. The lowest BCUT2D eigenvalue weighted by Gasteiger charge is -2.01. The zero-order chi connectivity index (χ0) is 15.5. The van der Waals surface area contributed by atoms with Gasteiger partial charge in [-0.15, -0.1) is 0 Å². The first-order chi connectivity index (χ1) is 10.7. The van der Waals surface area contributed by atoms with Gasteiger partial charge in [0.1, 0.15) is 0 Å². The molecule has 5 nitrogen and oxygen atoms in total. The number of carbonyl (C=O) groups is 1. The van der Waals surface area contributed by atoms with Crippen LogP contribution in [0.15, 0.2) is 42.5 Å². The lowest BCUT2D eigenvalue weighted by atomic mass is 10.1. The molecule has 0 saturated carbocycles. The summed E-state index contributed by atoms with van der Waals surface area (Å²) in [4.78, 5) is 19.6. The molecule has 0 fully saturated rings. The molecule has 0 aliphatic rings. The SMILES string of the molecule is O=C(Nc1nc2c(CCO)cccc2[nH]1)c1cccc(Cl)c1. The van der Waals surface area contributed by atoms with E-state index in [0.717, 1.165) is 16.6 Å². The molecule has 0 aliphatic heterocycles. The van der Waals surface area contributed by atoms with Gasteiger partial charge in [0.05, 0.1) is 11.0 Å². The molecule has 112 valence electrons. The summed E-state index contributed by atoms with van der Waals surface area (Å²) in [5.74, 6) is 0.0793. The van der Waals surface area contributed by atoms with E-state index in [4.69, 9.17) is 16.7 Å². The van der Waals surface area contributed by atoms with E-state index >= 15 is 0 Å². The number of amides is 1. The number of carbonyl (C=O) groups excluding carboxylic acids is 1. The van der Waals surface area contributed by atoms with E-state index in [1.54, 1.807) is 24.3 Å². The molecule has 0 radical (unpaired) electrons. The molecule has 0 aliphatic carbocycles. The molecule has 6 heteroatoms. The zero-order valence-corrected chi connectivity index (χ0v) is 12.4. The summed E-state index contributed by atoms with van der Waals surface area (Å²) in [7, 11) is 0. The molecule has 2 aromatic carbocycles. The first-order valence-electron chi connectivity index (χ1n) is 6.83.